The Kier molecular flexibility index (Phi) is 5.36. The molecule has 1 N–H and O–H groups in total. The first kappa shape index (κ1) is 14.6. The van der Waals surface area contributed by atoms with E-state index < -0.39 is 15.6 Å². The van der Waals surface area contributed by atoms with Gasteiger partial charge in [0.25, 0.3) is 0 Å². The summed E-state index contributed by atoms with van der Waals surface area (Å²) >= 11 is 11.5. The second-order valence-corrected chi connectivity index (χ2v) is 7.23. The number of hydrogen-bond acceptors (Lipinski definition) is 2. The third kappa shape index (κ3) is 3.76. The monoisotopic (exact) mass is 287 g/mol. The fourth-order valence-corrected chi connectivity index (χ4v) is 4.42. The van der Waals surface area contributed by atoms with Crippen molar-refractivity contribution in [2.45, 2.75) is 49.8 Å². The van der Waals surface area contributed by atoms with Gasteiger partial charge in [-0.3, -0.25) is 0 Å². The van der Waals surface area contributed by atoms with Crippen LogP contribution in [0.2, 0.25) is 0 Å². The molecule has 0 bridgehead atoms. The van der Waals surface area contributed by atoms with Crippen LogP contribution in [0.3, 0.4) is 0 Å². The average molecular weight is 288 g/mol. The molecular formula is C10H19Cl2NO2S. The number of hydrogen-bond donors (Lipinski definition) is 1. The van der Waals surface area contributed by atoms with Gasteiger partial charge in [0, 0.05) is 11.8 Å². The zero-order valence-electron chi connectivity index (χ0n) is 9.51. The van der Waals surface area contributed by atoms with E-state index in [9.17, 15) is 8.42 Å². The van der Waals surface area contributed by atoms with Gasteiger partial charge in [-0.1, -0.05) is 19.3 Å². The maximum absolute atomic E-state index is 12.1. The molecule has 0 spiro atoms. The molecule has 6 heteroatoms. The number of halogens is 2. The van der Waals surface area contributed by atoms with Crippen molar-refractivity contribution in [3.63, 3.8) is 0 Å². The first-order valence-corrected chi connectivity index (χ1v) is 8.20. The highest BCUT2D eigenvalue weighted by molar-refractivity contribution is 7.90. The van der Waals surface area contributed by atoms with E-state index >= 15 is 0 Å². The number of rotatable bonds is 5. The largest absolute Gasteiger partial charge is 0.215 e. The molecule has 0 saturated heterocycles. The molecule has 1 aliphatic carbocycles. The van der Waals surface area contributed by atoms with E-state index in [1.165, 1.54) is 0 Å². The van der Waals surface area contributed by atoms with Crippen LogP contribution in [0.4, 0.5) is 0 Å². The van der Waals surface area contributed by atoms with Crippen LogP contribution in [0.5, 0.6) is 0 Å². The van der Waals surface area contributed by atoms with Crippen LogP contribution in [0.25, 0.3) is 0 Å². The zero-order chi connectivity index (χ0) is 12.2. The predicted octanol–water partition coefficient (Wildman–Crippen LogP) is 2.47. The van der Waals surface area contributed by atoms with E-state index in [1.807, 2.05) is 0 Å². The minimum Gasteiger partial charge on any atom is -0.212 e. The van der Waals surface area contributed by atoms with E-state index in [1.54, 1.807) is 6.92 Å². The van der Waals surface area contributed by atoms with Crippen LogP contribution < -0.4 is 4.72 Å². The third-order valence-corrected chi connectivity index (χ3v) is 6.28. The van der Waals surface area contributed by atoms with Crippen LogP contribution in [0.15, 0.2) is 0 Å². The van der Waals surface area contributed by atoms with E-state index in [-0.39, 0.29) is 17.0 Å². The van der Waals surface area contributed by atoms with Crippen LogP contribution in [-0.4, -0.2) is 31.0 Å². The lowest BCUT2D eigenvalue weighted by Gasteiger charge is -2.30. The van der Waals surface area contributed by atoms with Crippen LogP contribution in [0, 0.1) is 0 Å². The summed E-state index contributed by atoms with van der Waals surface area (Å²) in [5.41, 5.74) is -0.737. The fourth-order valence-electron chi connectivity index (χ4n) is 1.89. The fraction of sp³-hybridized carbons (Fsp3) is 1.00. The lowest BCUT2D eigenvalue weighted by Crippen LogP contribution is -2.52. The summed E-state index contributed by atoms with van der Waals surface area (Å²) < 4.78 is 26.8. The maximum Gasteiger partial charge on any atom is 0.215 e. The molecule has 0 aromatic carbocycles. The van der Waals surface area contributed by atoms with E-state index in [0.29, 0.717) is 0 Å². The van der Waals surface area contributed by atoms with Gasteiger partial charge >= 0.3 is 0 Å². The molecule has 0 unspecified atom stereocenters. The van der Waals surface area contributed by atoms with Crippen LogP contribution >= 0.6 is 23.2 Å². The van der Waals surface area contributed by atoms with Crippen molar-refractivity contribution in [3.8, 4) is 0 Å². The third-order valence-electron chi connectivity index (χ3n) is 2.97. The highest BCUT2D eigenvalue weighted by Crippen LogP contribution is 2.24. The Hall–Kier alpha value is 0.490. The van der Waals surface area contributed by atoms with Gasteiger partial charge in [0.15, 0.2) is 0 Å². The summed E-state index contributed by atoms with van der Waals surface area (Å²) in [6.45, 7) is 1.73. The van der Waals surface area contributed by atoms with Crippen molar-refractivity contribution in [3.05, 3.63) is 0 Å². The lowest BCUT2D eigenvalue weighted by molar-refractivity contribution is 0.453. The molecule has 0 atom stereocenters. The van der Waals surface area contributed by atoms with Gasteiger partial charge in [0.05, 0.1) is 10.8 Å². The van der Waals surface area contributed by atoms with Gasteiger partial charge in [0.1, 0.15) is 0 Å². The minimum absolute atomic E-state index is 0.183. The SMILES string of the molecule is CC(CCl)(CCl)NS(=O)(=O)C1CCCCC1. The summed E-state index contributed by atoms with van der Waals surface area (Å²) in [4.78, 5) is 0. The van der Waals surface area contributed by atoms with Crippen LogP contribution in [0.1, 0.15) is 39.0 Å². The van der Waals surface area contributed by atoms with Crippen molar-refractivity contribution >= 4 is 33.2 Å². The van der Waals surface area contributed by atoms with Crippen molar-refractivity contribution in [1.82, 2.24) is 4.72 Å². The average Bonchev–Trinajstić information content (AvgIpc) is 2.29. The van der Waals surface area contributed by atoms with E-state index in [0.717, 1.165) is 32.1 Å². The molecular weight excluding hydrogens is 269 g/mol. The Balaban J connectivity index is 2.70. The molecule has 0 radical (unpaired) electrons. The van der Waals surface area contributed by atoms with E-state index in [2.05, 4.69) is 4.72 Å². The van der Waals surface area contributed by atoms with Gasteiger partial charge in [-0.05, 0) is 19.8 Å². The van der Waals surface area contributed by atoms with Crippen molar-refractivity contribution in [2.75, 3.05) is 11.8 Å². The molecule has 96 valence electrons. The number of alkyl halides is 2. The highest BCUT2D eigenvalue weighted by atomic mass is 35.5. The minimum atomic E-state index is -3.28. The first-order chi connectivity index (χ1) is 7.43. The van der Waals surface area contributed by atoms with Crippen molar-refractivity contribution in [2.24, 2.45) is 0 Å². The first-order valence-electron chi connectivity index (χ1n) is 5.58. The summed E-state index contributed by atoms with van der Waals surface area (Å²) in [6, 6.07) is 0. The molecule has 0 aliphatic heterocycles. The lowest BCUT2D eigenvalue weighted by atomic mass is 10.0. The number of nitrogens with one attached hydrogen (secondary N) is 1. The quantitative estimate of drug-likeness (QED) is 0.790. The summed E-state index contributed by atoms with van der Waals surface area (Å²) in [6.07, 6.45) is 4.61. The molecule has 16 heavy (non-hydrogen) atoms. The normalized spacial score (nSPS) is 19.9. The smallest absolute Gasteiger partial charge is 0.212 e. The summed E-state index contributed by atoms with van der Waals surface area (Å²) in [5.74, 6) is 0.366. The van der Waals surface area contributed by atoms with Crippen molar-refractivity contribution < 1.29 is 8.42 Å². The molecule has 0 amide bonds. The molecule has 1 aliphatic rings. The van der Waals surface area contributed by atoms with Gasteiger partial charge in [-0.15, -0.1) is 23.2 Å². The molecule has 1 rings (SSSR count). The molecule has 0 heterocycles. The second kappa shape index (κ2) is 5.89. The van der Waals surface area contributed by atoms with E-state index in [4.69, 9.17) is 23.2 Å². The predicted molar refractivity (Wildman–Crippen MR) is 68.8 cm³/mol. The Morgan fingerprint density at radius 1 is 1.19 bits per heavy atom. The van der Waals surface area contributed by atoms with Gasteiger partial charge in [-0.2, -0.15) is 0 Å². The van der Waals surface area contributed by atoms with Crippen molar-refractivity contribution in [1.29, 1.82) is 0 Å². The maximum atomic E-state index is 12.1. The number of sulfonamides is 1. The highest BCUT2D eigenvalue weighted by Gasteiger charge is 2.34. The van der Waals surface area contributed by atoms with Gasteiger partial charge < -0.3 is 0 Å². The summed E-state index contributed by atoms with van der Waals surface area (Å²) in [5, 5.41) is -0.271. The molecule has 1 saturated carbocycles. The van der Waals surface area contributed by atoms with Gasteiger partial charge in [-0.25, -0.2) is 13.1 Å². The van der Waals surface area contributed by atoms with Gasteiger partial charge in [0.2, 0.25) is 10.0 Å². The molecule has 1 fully saturated rings. The molecule has 0 aromatic heterocycles. The Bertz CT molecular complexity index is 309. The topological polar surface area (TPSA) is 46.2 Å². The summed E-state index contributed by atoms with van der Waals surface area (Å²) in [7, 11) is -3.28. The Morgan fingerprint density at radius 2 is 1.69 bits per heavy atom. The standard InChI is InChI=1S/C10H19Cl2NO2S/c1-10(7-11,8-12)13-16(14,15)9-5-3-2-4-6-9/h9,13H,2-8H2,1H3. The Labute approximate surface area is 108 Å². The second-order valence-electron chi connectivity index (χ2n) is 4.74. The Morgan fingerprint density at radius 3 is 2.12 bits per heavy atom. The zero-order valence-corrected chi connectivity index (χ0v) is 11.8. The molecule has 3 nitrogen and oxygen atoms in total. The molecule has 0 aromatic rings. The van der Waals surface area contributed by atoms with Crippen LogP contribution in [-0.2, 0) is 10.0 Å².